The minimum absolute atomic E-state index is 0.0931. The van der Waals surface area contributed by atoms with E-state index in [-0.39, 0.29) is 28.8 Å². The van der Waals surface area contributed by atoms with Crippen LogP contribution in [0.2, 0.25) is 5.02 Å². The van der Waals surface area contributed by atoms with Gasteiger partial charge < -0.3 is 14.8 Å². The number of nitrogens with zero attached hydrogens (tertiary/aromatic N) is 1. The monoisotopic (exact) mass is 400 g/mol. The second-order valence-corrected chi connectivity index (χ2v) is 5.91. The molecule has 2 heterocycles. The van der Waals surface area contributed by atoms with Crippen LogP contribution in [0.25, 0.3) is 11.3 Å². The molecule has 0 aliphatic carbocycles. The summed E-state index contributed by atoms with van der Waals surface area (Å²) >= 11 is 5.94. The number of halogens is 4. The van der Waals surface area contributed by atoms with Crippen molar-refractivity contribution in [2.75, 3.05) is 11.9 Å². The highest BCUT2D eigenvalue weighted by Crippen LogP contribution is 2.37. The lowest BCUT2D eigenvalue weighted by molar-refractivity contribution is -0.155. The molecule has 2 aromatic rings. The van der Waals surface area contributed by atoms with E-state index in [4.69, 9.17) is 21.1 Å². The van der Waals surface area contributed by atoms with E-state index in [9.17, 15) is 22.8 Å². The number of anilines is 1. The molecule has 1 aliphatic rings. The van der Waals surface area contributed by atoms with Crippen molar-refractivity contribution in [2.45, 2.75) is 19.2 Å². The van der Waals surface area contributed by atoms with Gasteiger partial charge in [-0.1, -0.05) is 11.6 Å². The number of fused-ring (bicyclic) bond motifs is 1. The molecule has 1 aromatic carbocycles. The van der Waals surface area contributed by atoms with Crippen LogP contribution in [0.15, 0.2) is 30.5 Å². The van der Waals surface area contributed by atoms with Gasteiger partial charge in [0.25, 0.3) is 12.0 Å². The molecule has 0 saturated heterocycles. The molecule has 142 valence electrons. The zero-order valence-corrected chi connectivity index (χ0v) is 14.5. The lowest BCUT2D eigenvalue weighted by Gasteiger charge is -2.24. The smallest absolute Gasteiger partial charge is 0.417 e. The van der Waals surface area contributed by atoms with Gasteiger partial charge in [0, 0.05) is 11.8 Å². The summed E-state index contributed by atoms with van der Waals surface area (Å²) in [5.74, 6) is -1.33. The molecular formula is C17H12ClF3N2O4. The van der Waals surface area contributed by atoms with Gasteiger partial charge in [-0.3, -0.25) is 9.78 Å². The van der Waals surface area contributed by atoms with Crippen LogP contribution in [0.1, 0.15) is 12.5 Å². The van der Waals surface area contributed by atoms with E-state index in [2.05, 4.69) is 10.3 Å². The Balaban J connectivity index is 1.91. The van der Waals surface area contributed by atoms with Gasteiger partial charge in [-0.25, -0.2) is 4.79 Å². The second kappa shape index (κ2) is 7.07. The Labute approximate surface area is 156 Å². The molecule has 1 unspecified atom stereocenters. The van der Waals surface area contributed by atoms with Gasteiger partial charge in [-0.2, -0.15) is 13.2 Å². The third-order valence-electron chi connectivity index (χ3n) is 3.66. The number of benzene rings is 1. The van der Waals surface area contributed by atoms with Crippen molar-refractivity contribution in [1.82, 2.24) is 4.98 Å². The van der Waals surface area contributed by atoms with Crippen molar-refractivity contribution in [3.05, 3.63) is 41.0 Å². The highest BCUT2D eigenvalue weighted by atomic mass is 35.5. The van der Waals surface area contributed by atoms with Crippen molar-refractivity contribution < 1.29 is 32.2 Å². The fourth-order valence-corrected chi connectivity index (χ4v) is 2.71. The van der Waals surface area contributed by atoms with Gasteiger partial charge in [0.05, 0.1) is 28.6 Å². The molecule has 27 heavy (non-hydrogen) atoms. The maximum Gasteiger partial charge on any atom is 0.417 e. The number of carbonyl (C=O) groups is 2. The average Bonchev–Trinajstić information content (AvgIpc) is 2.60. The molecule has 1 aliphatic heterocycles. The summed E-state index contributed by atoms with van der Waals surface area (Å²) < 4.78 is 48.3. The number of alkyl halides is 3. The number of carbonyl (C=O) groups excluding carboxylic acids is 2. The maximum absolute atomic E-state index is 12.7. The number of nitrogens with one attached hydrogen (secondary N) is 1. The Bertz CT molecular complexity index is 918. The summed E-state index contributed by atoms with van der Waals surface area (Å²) in [6, 6.07) is 5.16. The van der Waals surface area contributed by atoms with E-state index in [1.54, 1.807) is 6.92 Å². The molecule has 3 rings (SSSR count). The number of rotatable bonds is 3. The van der Waals surface area contributed by atoms with Crippen molar-refractivity contribution in [1.29, 1.82) is 0 Å². The van der Waals surface area contributed by atoms with Crippen LogP contribution < -0.4 is 10.1 Å². The highest BCUT2D eigenvalue weighted by molar-refractivity contribution is 6.33. The molecule has 0 fully saturated rings. The van der Waals surface area contributed by atoms with Crippen molar-refractivity contribution in [2.24, 2.45) is 0 Å². The SMILES string of the molecule is CCOC(=O)C1Oc2ccc(-c3ncc(C(F)(F)F)cc3Cl)cc2NC1=O. The largest absolute Gasteiger partial charge is 0.466 e. The standard InChI is InChI=1S/C17H12ClF3N2O4/c1-2-26-16(25)14-15(24)23-11-5-8(3-4-12(11)27-14)13-10(18)6-9(7-22-13)17(19,20)21/h3-7,14H,2H2,1H3,(H,23,24). The molecule has 10 heteroatoms. The number of pyridine rings is 1. The van der Waals surface area contributed by atoms with Crippen molar-refractivity contribution >= 4 is 29.2 Å². The number of aromatic nitrogens is 1. The first-order chi connectivity index (χ1) is 12.7. The molecule has 0 radical (unpaired) electrons. The molecule has 0 bridgehead atoms. The van der Waals surface area contributed by atoms with E-state index in [1.165, 1.54) is 18.2 Å². The van der Waals surface area contributed by atoms with E-state index >= 15 is 0 Å². The molecule has 1 aromatic heterocycles. The summed E-state index contributed by atoms with van der Waals surface area (Å²) in [6.07, 6.45) is -5.32. The van der Waals surface area contributed by atoms with Gasteiger partial charge in [0.2, 0.25) is 0 Å². The third kappa shape index (κ3) is 3.82. The zero-order chi connectivity index (χ0) is 19.8. The van der Waals surface area contributed by atoms with Crippen LogP contribution in [-0.2, 0) is 20.5 Å². The van der Waals surface area contributed by atoms with Crippen LogP contribution in [0.3, 0.4) is 0 Å². The summed E-state index contributed by atoms with van der Waals surface area (Å²) in [7, 11) is 0. The fraction of sp³-hybridized carbons (Fsp3) is 0.235. The first-order valence-electron chi connectivity index (χ1n) is 7.72. The van der Waals surface area contributed by atoms with Gasteiger partial charge >= 0.3 is 12.1 Å². The topological polar surface area (TPSA) is 77.5 Å². The number of amides is 1. The van der Waals surface area contributed by atoms with E-state index in [1.807, 2.05) is 0 Å². The number of esters is 1. The second-order valence-electron chi connectivity index (χ2n) is 5.50. The lowest BCUT2D eigenvalue weighted by atomic mass is 10.1. The van der Waals surface area contributed by atoms with Gasteiger partial charge in [0.1, 0.15) is 5.75 Å². The molecular weight excluding hydrogens is 389 g/mol. The quantitative estimate of drug-likeness (QED) is 0.628. The third-order valence-corrected chi connectivity index (χ3v) is 3.95. The highest BCUT2D eigenvalue weighted by Gasteiger charge is 2.35. The minimum Gasteiger partial charge on any atom is -0.466 e. The summed E-state index contributed by atoms with van der Waals surface area (Å²) in [4.78, 5) is 27.5. The number of hydrogen-bond acceptors (Lipinski definition) is 5. The van der Waals surface area contributed by atoms with Crippen LogP contribution in [0.4, 0.5) is 18.9 Å². The predicted octanol–water partition coefficient (Wildman–Crippen LogP) is 3.68. The van der Waals surface area contributed by atoms with Crippen LogP contribution in [0, 0.1) is 0 Å². The van der Waals surface area contributed by atoms with E-state index < -0.39 is 29.7 Å². The minimum atomic E-state index is -4.56. The summed E-state index contributed by atoms with van der Waals surface area (Å²) in [5, 5.41) is 2.30. The Morgan fingerprint density at radius 2 is 2.11 bits per heavy atom. The molecule has 6 nitrogen and oxygen atoms in total. The fourth-order valence-electron chi connectivity index (χ4n) is 2.43. The Morgan fingerprint density at radius 3 is 2.74 bits per heavy atom. The predicted molar refractivity (Wildman–Crippen MR) is 89.4 cm³/mol. The van der Waals surface area contributed by atoms with Crippen LogP contribution >= 0.6 is 11.6 Å². The number of hydrogen-bond donors (Lipinski definition) is 1. The zero-order valence-electron chi connectivity index (χ0n) is 13.8. The Morgan fingerprint density at radius 1 is 1.37 bits per heavy atom. The normalized spacial score (nSPS) is 16.2. The first kappa shape index (κ1) is 19.0. The lowest BCUT2D eigenvalue weighted by Crippen LogP contribution is -2.43. The van der Waals surface area contributed by atoms with E-state index in [0.717, 1.165) is 6.07 Å². The van der Waals surface area contributed by atoms with Gasteiger partial charge in [-0.05, 0) is 31.2 Å². The van der Waals surface area contributed by atoms with Crippen LogP contribution in [0.5, 0.6) is 5.75 Å². The Kier molecular flexibility index (Phi) is 4.97. The van der Waals surface area contributed by atoms with Gasteiger partial charge in [-0.15, -0.1) is 0 Å². The maximum atomic E-state index is 12.7. The molecule has 0 saturated carbocycles. The number of ether oxygens (including phenoxy) is 2. The summed E-state index contributed by atoms with van der Waals surface area (Å²) in [6.45, 7) is 1.69. The van der Waals surface area contributed by atoms with Crippen molar-refractivity contribution in [3.8, 4) is 17.0 Å². The molecule has 1 N–H and O–H groups in total. The van der Waals surface area contributed by atoms with Gasteiger partial charge in [0.15, 0.2) is 0 Å². The van der Waals surface area contributed by atoms with E-state index in [0.29, 0.717) is 11.8 Å². The summed E-state index contributed by atoms with van der Waals surface area (Å²) in [5.41, 5.74) is -0.265. The first-order valence-corrected chi connectivity index (χ1v) is 8.10. The Hall–Kier alpha value is -2.81. The van der Waals surface area contributed by atoms with Crippen LogP contribution in [-0.4, -0.2) is 29.6 Å². The molecule has 1 amide bonds. The molecule has 1 atom stereocenters. The average molecular weight is 401 g/mol. The molecule has 0 spiro atoms. The van der Waals surface area contributed by atoms with Crippen molar-refractivity contribution in [3.63, 3.8) is 0 Å².